The van der Waals surface area contributed by atoms with Crippen molar-refractivity contribution in [1.29, 1.82) is 0 Å². The van der Waals surface area contributed by atoms with Crippen molar-refractivity contribution < 1.29 is 14.6 Å². The van der Waals surface area contributed by atoms with Crippen molar-refractivity contribution >= 4 is 16.9 Å². The number of H-pyrrole nitrogens is 1. The molecule has 3 aromatic rings. The maximum absolute atomic E-state index is 11.4. The monoisotopic (exact) mass is 283 g/mol. The van der Waals surface area contributed by atoms with Gasteiger partial charge in [-0.05, 0) is 25.1 Å². The van der Waals surface area contributed by atoms with Crippen molar-refractivity contribution in [1.82, 2.24) is 15.2 Å². The van der Waals surface area contributed by atoms with E-state index in [0.29, 0.717) is 16.9 Å². The number of pyridine rings is 1. The summed E-state index contributed by atoms with van der Waals surface area (Å²) in [7, 11) is 1.55. The van der Waals surface area contributed by atoms with Gasteiger partial charge in [0.25, 0.3) is 0 Å². The van der Waals surface area contributed by atoms with Crippen molar-refractivity contribution in [2.75, 3.05) is 7.11 Å². The maximum Gasteiger partial charge on any atom is 0.337 e. The molecule has 0 saturated heterocycles. The average Bonchev–Trinajstić information content (AvgIpc) is 2.92. The van der Waals surface area contributed by atoms with Crippen LogP contribution in [0.1, 0.15) is 16.1 Å². The fourth-order valence-corrected chi connectivity index (χ4v) is 2.30. The van der Waals surface area contributed by atoms with Gasteiger partial charge < -0.3 is 9.84 Å². The zero-order valence-electron chi connectivity index (χ0n) is 11.5. The highest BCUT2D eigenvalue weighted by molar-refractivity contribution is 5.98. The molecular formula is C15H13N3O3. The quantitative estimate of drug-likeness (QED) is 0.771. The smallest absolute Gasteiger partial charge is 0.337 e. The molecule has 3 rings (SSSR count). The second kappa shape index (κ2) is 4.90. The first-order chi connectivity index (χ1) is 10.1. The topological polar surface area (TPSA) is 88.1 Å². The number of hydrogen-bond acceptors (Lipinski definition) is 4. The summed E-state index contributed by atoms with van der Waals surface area (Å²) < 4.78 is 5.40. The largest absolute Gasteiger partial charge is 0.496 e. The number of nitrogens with zero attached hydrogens (tertiary/aromatic N) is 2. The highest BCUT2D eigenvalue weighted by Crippen LogP contribution is 2.35. The first kappa shape index (κ1) is 13.1. The van der Waals surface area contributed by atoms with E-state index in [1.807, 2.05) is 19.1 Å². The molecule has 2 N–H and O–H groups in total. The summed E-state index contributed by atoms with van der Waals surface area (Å²) >= 11 is 0. The van der Waals surface area contributed by atoms with E-state index in [0.717, 1.165) is 16.6 Å². The van der Waals surface area contributed by atoms with Crippen LogP contribution in [0.4, 0.5) is 0 Å². The first-order valence-electron chi connectivity index (χ1n) is 6.31. The summed E-state index contributed by atoms with van der Waals surface area (Å²) in [5, 5.41) is 17.1. The molecule has 0 aliphatic carbocycles. The molecule has 21 heavy (non-hydrogen) atoms. The Bertz CT molecular complexity index is 839. The number of aromatic carboxylic acids is 1. The second-order valence-corrected chi connectivity index (χ2v) is 4.69. The zero-order valence-corrected chi connectivity index (χ0v) is 11.5. The second-order valence-electron chi connectivity index (χ2n) is 4.69. The lowest BCUT2D eigenvalue weighted by atomic mass is 9.98. The number of rotatable bonds is 3. The fourth-order valence-electron chi connectivity index (χ4n) is 2.30. The SMILES string of the molecule is COc1cc2cn[nH]c2cc1-c1cc(C)ncc1C(=O)O. The molecule has 0 fully saturated rings. The van der Waals surface area contributed by atoms with Gasteiger partial charge in [-0.25, -0.2) is 4.79 Å². The van der Waals surface area contributed by atoms with Gasteiger partial charge in [0.1, 0.15) is 5.75 Å². The minimum atomic E-state index is -1.02. The Hall–Kier alpha value is -2.89. The summed E-state index contributed by atoms with van der Waals surface area (Å²) in [5.41, 5.74) is 2.96. The van der Waals surface area contributed by atoms with Crippen LogP contribution in [0.5, 0.6) is 5.75 Å². The molecule has 0 bridgehead atoms. The summed E-state index contributed by atoms with van der Waals surface area (Å²) in [6.07, 6.45) is 3.06. The number of aromatic nitrogens is 3. The van der Waals surface area contributed by atoms with Crippen LogP contribution in [0.25, 0.3) is 22.0 Å². The molecule has 0 atom stereocenters. The number of aromatic amines is 1. The van der Waals surface area contributed by atoms with Gasteiger partial charge in [0.2, 0.25) is 0 Å². The molecule has 0 aliphatic heterocycles. The lowest BCUT2D eigenvalue weighted by Crippen LogP contribution is -2.02. The van der Waals surface area contributed by atoms with Gasteiger partial charge in [-0.1, -0.05) is 0 Å². The van der Waals surface area contributed by atoms with Crippen LogP contribution in [0, 0.1) is 6.92 Å². The molecule has 0 saturated carbocycles. The number of carbonyl (C=O) groups is 1. The first-order valence-corrected chi connectivity index (χ1v) is 6.31. The summed E-state index contributed by atoms with van der Waals surface area (Å²) in [6, 6.07) is 5.40. The van der Waals surface area contributed by atoms with Crippen molar-refractivity contribution in [2.24, 2.45) is 0 Å². The van der Waals surface area contributed by atoms with Gasteiger partial charge in [0.15, 0.2) is 0 Å². The van der Waals surface area contributed by atoms with Crippen molar-refractivity contribution in [3.8, 4) is 16.9 Å². The Morgan fingerprint density at radius 2 is 2.05 bits per heavy atom. The van der Waals surface area contributed by atoms with Crippen molar-refractivity contribution in [3.63, 3.8) is 0 Å². The van der Waals surface area contributed by atoms with Crippen LogP contribution in [0.3, 0.4) is 0 Å². The zero-order chi connectivity index (χ0) is 15.0. The van der Waals surface area contributed by atoms with Crippen molar-refractivity contribution in [3.05, 3.63) is 41.9 Å². The predicted octanol–water partition coefficient (Wildman–Crippen LogP) is 2.64. The van der Waals surface area contributed by atoms with Crippen LogP contribution in [0.15, 0.2) is 30.6 Å². The molecule has 0 amide bonds. The van der Waals surface area contributed by atoms with Crippen LogP contribution in [0.2, 0.25) is 0 Å². The third-order valence-electron chi connectivity index (χ3n) is 3.32. The average molecular weight is 283 g/mol. The van der Waals surface area contributed by atoms with Crippen molar-refractivity contribution in [2.45, 2.75) is 6.92 Å². The normalized spacial score (nSPS) is 10.8. The Morgan fingerprint density at radius 1 is 1.24 bits per heavy atom. The highest BCUT2D eigenvalue weighted by atomic mass is 16.5. The maximum atomic E-state index is 11.4. The lowest BCUT2D eigenvalue weighted by Gasteiger charge is -2.12. The number of nitrogens with one attached hydrogen (secondary N) is 1. The molecule has 2 heterocycles. The standard InChI is InChI=1S/C15H13N3O3/c1-8-3-10(12(7-16-8)15(19)20)11-5-13-9(6-17-18-13)4-14(11)21-2/h3-7H,1-2H3,(H,17,18)(H,19,20). The molecule has 2 aromatic heterocycles. The molecule has 6 nitrogen and oxygen atoms in total. The van der Waals surface area contributed by atoms with E-state index in [-0.39, 0.29) is 5.56 Å². The Kier molecular flexibility index (Phi) is 3.06. The number of carboxylic acids is 1. The van der Waals surface area contributed by atoms with Gasteiger partial charge in [0.05, 0.1) is 24.4 Å². The predicted molar refractivity (Wildman–Crippen MR) is 77.6 cm³/mol. The number of carboxylic acid groups (broad SMARTS) is 1. The van der Waals surface area contributed by atoms with Gasteiger partial charge in [0, 0.05) is 28.4 Å². The van der Waals surface area contributed by atoms with E-state index < -0.39 is 5.97 Å². The fraction of sp³-hybridized carbons (Fsp3) is 0.133. The number of hydrogen-bond donors (Lipinski definition) is 2. The van der Waals surface area contributed by atoms with Gasteiger partial charge in [-0.15, -0.1) is 0 Å². The highest BCUT2D eigenvalue weighted by Gasteiger charge is 2.17. The minimum absolute atomic E-state index is 0.137. The van der Waals surface area contributed by atoms with E-state index in [1.54, 1.807) is 19.4 Å². The molecule has 1 aromatic carbocycles. The van der Waals surface area contributed by atoms with Gasteiger partial charge >= 0.3 is 5.97 Å². The third-order valence-corrected chi connectivity index (χ3v) is 3.32. The number of ether oxygens (including phenoxy) is 1. The number of methoxy groups -OCH3 is 1. The molecule has 0 aliphatic rings. The molecule has 106 valence electrons. The minimum Gasteiger partial charge on any atom is -0.496 e. The van der Waals surface area contributed by atoms with Crippen LogP contribution in [-0.2, 0) is 0 Å². The number of fused-ring (bicyclic) bond motifs is 1. The molecule has 0 radical (unpaired) electrons. The molecule has 6 heteroatoms. The van der Waals surface area contributed by atoms with E-state index in [1.165, 1.54) is 6.20 Å². The van der Waals surface area contributed by atoms with E-state index in [9.17, 15) is 9.90 Å². The van der Waals surface area contributed by atoms with Gasteiger partial charge in [-0.3, -0.25) is 10.1 Å². The summed E-state index contributed by atoms with van der Waals surface area (Å²) in [5.74, 6) is -0.429. The van der Waals surface area contributed by atoms with E-state index >= 15 is 0 Å². The number of benzene rings is 1. The molecule has 0 spiro atoms. The Labute approximate surface area is 120 Å². The number of aryl methyl sites for hydroxylation is 1. The van der Waals surface area contributed by atoms with Crippen LogP contribution in [-0.4, -0.2) is 33.4 Å². The van der Waals surface area contributed by atoms with E-state index in [4.69, 9.17) is 4.74 Å². The molecular weight excluding hydrogens is 270 g/mol. The molecule has 0 unspecified atom stereocenters. The van der Waals surface area contributed by atoms with E-state index in [2.05, 4.69) is 15.2 Å². The van der Waals surface area contributed by atoms with Crippen LogP contribution >= 0.6 is 0 Å². The lowest BCUT2D eigenvalue weighted by molar-refractivity contribution is 0.0697. The third kappa shape index (κ3) is 2.20. The summed E-state index contributed by atoms with van der Waals surface area (Å²) in [6.45, 7) is 1.82. The van der Waals surface area contributed by atoms with Gasteiger partial charge in [-0.2, -0.15) is 5.10 Å². The van der Waals surface area contributed by atoms with Crippen LogP contribution < -0.4 is 4.74 Å². The summed E-state index contributed by atoms with van der Waals surface area (Å²) in [4.78, 5) is 15.5. The Balaban J connectivity index is 2.33. The Morgan fingerprint density at radius 3 is 2.76 bits per heavy atom.